The molecule has 0 bridgehead atoms. The molecule has 0 aliphatic rings. The van der Waals surface area contributed by atoms with Gasteiger partial charge in [-0.1, -0.05) is 6.92 Å². The van der Waals surface area contributed by atoms with Gasteiger partial charge in [-0.25, -0.2) is 0 Å². The van der Waals surface area contributed by atoms with E-state index in [1.807, 2.05) is 0 Å². The van der Waals surface area contributed by atoms with Crippen LogP contribution in [0.15, 0.2) is 0 Å². The Balaban J connectivity index is 0. The van der Waals surface area contributed by atoms with Crippen LogP contribution in [0.4, 0.5) is 0 Å². The zero-order valence-electron chi connectivity index (χ0n) is 3.64. The lowest BCUT2D eigenvalue weighted by molar-refractivity contribution is -0.136. The third-order valence-electron chi connectivity index (χ3n) is 0.302. The van der Waals surface area contributed by atoms with E-state index in [9.17, 15) is 4.79 Å². The van der Waals surface area contributed by atoms with E-state index in [0.29, 0.717) is 0 Å². The average molecular weight is 84.9 g/mol. The van der Waals surface area contributed by atoms with Crippen molar-refractivity contribution in [3.8, 4) is 0 Å². The minimum atomic E-state index is -0.745. The Labute approximate surface area is 38.7 Å². The lowest BCUT2D eigenvalue weighted by Gasteiger charge is -1.71. The molecule has 0 spiro atoms. The van der Waals surface area contributed by atoms with Crippen molar-refractivity contribution in [2.45, 2.75) is 13.3 Å². The lowest BCUT2D eigenvalue weighted by atomic mass is 10.5. The molecular formula is C3H6BO2. The van der Waals surface area contributed by atoms with Crippen molar-refractivity contribution >= 4 is 14.4 Å². The minimum Gasteiger partial charge on any atom is -0.481 e. The van der Waals surface area contributed by atoms with E-state index in [0.717, 1.165) is 0 Å². The van der Waals surface area contributed by atoms with Crippen LogP contribution in [-0.2, 0) is 4.79 Å². The Hall–Kier alpha value is -0.465. The topological polar surface area (TPSA) is 37.3 Å². The van der Waals surface area contributed by atoms with Gasteiger partial charge in [0.1, 0.15) is 0 Å². The molecule has 0 saturated carbocycles. The van der Waals surface area contributed by atoms with Gasteiger partial charge in [-0.2, -0.15) is 0 Å². The summed E-state index contributed by atoms with van der Waals surface area (Å²) in [5.41, 5.74) is 0. The quantitative estimate of drug-likeness (QED) is 0.458. The zero-order valence-corrected chi connectivity index (χ0v) is 3.64. The van der Waals surface area contributed by atoms with Gasteiger partial charge in [0.25, 0.3) is 0 Å². The van der Waals surface area contributed by atoms with E-state index in [1.165, 1.54) is 0 Å². The van der Waals surface area contributed by atoms with Gasteiger partial charge in [0, 0.05) is 14.8 Å². The Kier molecular flexibility index (Phi) is 6.89. The Morgan fingerprint density at radius 2 is 2.00 bits per heavy atom. The van der Waals surface area contributed by atoms with Crippen molar-refractivity contribution < 1.29 is 9.90 Å². The first-order chi connectivity index (χ1) is 2.27. The van der Waals surface area contributed by atoms with Crippen molar-refractivity contribution in [1.29, 1.82) is 0 Å². The van der Waals surface area contributed by atoms with Crippen LogP contribution in [0.1, 0.15) is 13.3 Å². The van der Waals surface area contributed by atoms with Crippen molar-refractivity contribution in [2.75, 3.05) is 0 Å². The summed E-state index contributed by atoms with van der Waals surface area (Å²) in [6.45, 7) is 1.60. The maximum Gasteiger partial charge on any atom is 0.303 e. The molecule has 0 heterocycles. The number of carbonyl (C=O) groups is 1. The largest absolute Gasteiger partial charge is 0.481 e. The molecular weight excluding hydrogens is 78.8 g/mol. The summed E-state index contributed by atoms with van der Waals surface area (Å²) in [4.78, 5) is 9.37. The first kappa shape index (κ1) is 9.11. The van der Waals surface area contributed by atoms with Crippen LogP contribution in [0.2, 0.25) is 0 Å². The van der Waals surface area contributed by atoms with Gasteiger partial charge in [0.15, 0.2) is 0 Å². The summed E-state index contributed by atoms with van der Waals surface area (Å²) in [5.74, 6) is -0.745. The van der Waals surface area contributed by atoms with Gasteiger partial charge in [-0.15, -0.1) is 0 Å². The molecule has 0 aromatic carbocycles. The van der Waals surface area contributed by atoms with Crippen molar-refractivity contribution in [1.82, 2.24) is 0 Å². The van der Waals surface area contributed by atoms with Gasteiger partial charge in [0.2, 0.25) is 0 Å². The molecule has 3 radical (unpaired) electrons. The second kappa shape index (κ2) is 4.53. The Morgan fingerprint density at radius 3 is 2.00 bits per heavy atom. The number of aliphatic carboxylic acids is 1. The summed E-state index contributed by atoms with van der Waals surface area (Å²) in [7, 11) is 0. The van der Waals surface area contributed by atoms with Crippen LogP contribution in [0.5, 0.6) is 0 Å². The van der Waals surface area contributed by atoms with E-state index < -0.39 is 5.97 Å². The molecule has 0 aliphatic heterocycles. The average Bonchev–Trinajstić information content (AvgIpc) is 1.38. The molecule has 0 aromatic rings. The number of hydrogen-bond acceptors (Lipinski definition) is 1. The summed E-state index contributed by atoms with van der Waals surface area (Å²) < 4.78 is 0. The highest BCUT2D eigenvalue weighted by atomic mass is 16.4. The molecule has 33 valence electrons. The number of rotatable bonds is 1. The van der Waals surface area contributed by atoms with Crippen LogP contribution in [-0.4, -0.2) is 19.5 Å². The molecule has 0 fully saturated rings. The van der Waals surface area contributed by atoms with Crippen molar-refractivity contribution in [3.63, 3.8) is 0 Å². The normalized spacial score (nSPS) is 6.17. The standard InChI is InChI=1S/C3H6O2.B/c1-2-3(4)5;/h2H2,1H3,(H,4,5);. The predicted molar refractivity (Wildman–Crippen MR) is 23.7 cm³/mol. The van der Waals surface area contributed by atoms with E-state index >= 15 is 0 Å². The molecule has 0 amide bonds. The highest BCUT2D eigenvalue weighted by Crippen LogP contribution is 1.67. The molecule has 1 N–H and O–H groups in total. The number of carboxylic acids is 1. The van der Waals surface area contributed by atoms with Crippen LogP contribution < -0.4 is 0 Å². The highest BCUT2D eigenvalue weighted by Gasteiger charge is 1.80. The summed E-state index contributed by atoms with van der Waals surface area (Å²) >= 11 is 0. The van der Waals surface area contributed by atoms with Gasteiger partial charge in [-0.05, 0) is 0 Å². The van der Waals surface area contributed by atoms with E-state index in [4.69, 9.17) is 5.11 Å². The summed E-state index contributed by atoms with van der Waals surface area (Å²) in [6.07, 6.45) is 0.222. The maximum absolute atomic E-state index is 9.37. The van der Waals surface area contributed by atoms with Gasteiger partial charge >= 0.3 is 5.97 Å². The molecule has 6 heavy (non-hydrogen) atoms. The second-order valence-corrected chi connectivity index (χ2v) is 0.747. The fourth-order valence-electron chi connectivity index (χ4n) is 0. The molecule has 3 heteroatoms. The third-order valence-corrected chi connectivity index (χ3v) is 0.302. The summed E-state index contributed by atoms with van der Waals surface area (Å²) in [5, 5.41) is 7.72. The number of hydrogen-bond donors (Lipinski definition) is 1. The fraction of sp³-hybridized carbons (Fsp3) is 0.667. The minimum absolute atomic E-state index is 0. The van der Waals surface area contributed by atoms with Gasteiger partial charge in [0.05, 0.1) is 0 Å². The third kappa shape index (κ3) is 9.64. The fourth-order valence-corrected chi connectivity index (χ4v) is 0. The molecule has 0 aliphatic carbocycles. The smallest absolute Gasteiger partial charge is 0.303 e. The predicted octanol–water partition coefficient (Wildman–Crippen LogP) is 0.100. The Morgan fingerprint density at radius 1 is 1.83 bits per heavy atom. The summed E-state index contributed by atoms with van der Waals surface area (Å²) in [6, 6.07) is 0. The molecule has 0 aromatic heterocycles. The first-order valence-corrected chi connectivity index (χ1v) is 1.49. The molecule has 0 rings (SSSR count). The van der Waals surface area contributed by atoms with Crippen LogP contribution in [0, 0.1) is 0 Å². The SMILES string of the molecule is CCC(=O)O.[B]. The van der Waals surface area contributed by atoms with Gasteiger partial charge in [-0.3, -0.25) is 4.79 Å². The monoisotopic (exact) mass is 85.0 g/mol. The molecule has 0 unspecified atom stereocenters. The van der Waals surface area contributed by atoms with E-state index in [-0.39, 0.29) is 14.8 Å². The van der Waals surface area contributed by atoms with Crippen LogP contribution in [0.3, 0.4) is 0 Å². The Bertz CT molecular complexity index is 44.1. The van der Waals surface area contributed by atoms with E-state index in [1.54, 1.807) is 6.92 Å². The lowest BCUT2D eigenvalue weighted by Crippen LogP contribution is -1.86. The highest BCUT2D eigenvalue weighted by molar-refractivity contribution is 5.75. The number of carboxylic acid groups (broad SMARTS) is 1. The molecule has 2 nitrogen and oxygen atoms in total. The van der Waals surface area contributed by atoms with E-state index in [2.05, 4.69) is 0 Å². The molecule has 0 atom stereocenters. The van der Waals surface area contributed by atoms with Crippen LogP contribution >= 0.6 is 0 Å². The van der Waals surface area contributed by atoms with Gasteiger partial charge < -0.3 is 5.11 Å². The molecule has 0 saturated heterocycles. The first-order valence-electron chi connectivity index (χ1n) is 1.49. The zero-order chi connectivity index (χ0) is 4.28. The van der Waals surface area contributed by atoms with Crippen molar-refractivity contribution in [2.24, 2.45) is 0 Å². The van der Waals surface area contributed by atoms with Crippen LogP contribution in [0.25, 0.3) is 0 Å². The second-order valence-electron chi connectivity index (χ2n) is 0.747. The van der Waals surface area contributed by atoms with Crippen molar-refractivity contribution in [3.05, 3.63) is 0 Å². The maximum atomic E-state index is 9.37.